The van der Waals surface area contributed by atoms with Crippen molar-refractivity contribution < 1.29 is 0 Å². The van der Waals surface area contributed by atoms with Gasteiger partial charge in [-0.3, -0.25) is 4.98 Å². The predicted molar refractivity (Wildman–Crippen MR) is 78.8 cm³/mol. The predicted octanol–water partition coefficient (Wildman–Crippen LogP) is 5.14. The average Bonchev–Trinajstić information content (AvgIpc) is 2.43. The molecule has 0 radical (unpaired) electrons. The number of nitrogens with zero attached hydrogens (tertiary/aromatic N) is 1. The van der Waals surface area contributed by atoms with Crippen LogP contribution in [0.25, 0.3) is 10.8 Å². The summed E-state index contributed by atoms with van der Waals surface area (Å²) in [7, 11) is 0. The molecular formula is C17H23N. The second-order valence-corrected chi connectivity index (χ2v) is 5.03. The second-order valence-electron chi connectivity index (χ2n) is 5.03. The molecule has 1 heteroatoms. The lowest BCUT2D eigenvalue weighted by Gasteiger charge is -2.06. The van der Waals surface area contributed by atoms with Gasteiger partial charge in [0, 0.05) is 17.8 Å². The molecule has 0 unspecified atom stereocenters. The highest BCUT2D eigenvalue weighted by Crippen LogP contribution is 2.19. The van der Waals surface area contributed by atoms with Gasteiger partial charge in [-0.25, -0.2) is 0 Å². The molecule has 18 heavy (non-hydrogen) atoms. The van der Waals surface area contributed by atoms with Gasteiger partial charge < -0.3 is 0 Å². The zero-order valence-electron chi connectivity index (χ0n) is 11.4. The number of hydrogen-bond acceptors (Lipinski definition) is 1. The van der Waals surface area contributed by atoms with Crippen molar-refractivity contribution >= 4 is 10.8 Å². The molecule has 96 valence electrons. The van der Waals surface area contributed by atoms with Gasteiger partial charge in [-0.1, -0.05) is 57.2 Å². The minimum Gasteiger partial charge on any atom is -0.264 e. The Balaban J connectivity index is 1.88. The molecule has 2 rings (SSSR count). The van der Waals surface area contributed by atoms with Gasteiger partial charge in [-0.15, -0.1) is 0 Å². The van der Waals surface area contributed by atoms with Crippen LogP contribution >= 0.6 is 0 Å². The van der Waals surface area contributed by atoms with Gasteiger partial charge in [-0.2, -0.15) is 0 Å². The Morgan fingerprint density at radius 1 is 0.944 bits per heavy atom. The van der Waals surface area contributed by atoms with Crippen LogP contribution in [0.15, 0.2) is 36.7 Å². The highest BCUT2D eigenvalue weighted by atomic mass is 14.6. The number of pyridine rings is 1. The lowest BCUT2D eigenvalue weighted by molar-refractivity contribution is 0.608. The Morgan fingerprint density at radius 2 is 1.78 bits per heavy atom. The molecular weight excluding hydrogens is 218 g/mol. The lowest BCUT2D eigenvalue weighted by Crippen LogP contribution is -1.89. The van der Waals surface area contributed by atoms with E-state index in [9.17, 15) is 0 Å². The van der Waals surface area contributed by atoms with Crippen LogP contribution in [0, 0.1) is 0 Å². The molecule has 2 aromatic rings. The van der Waals surface area contributed by atoms with Crippen molar-refractivity contribution in [1.82, 2.24) is 4.98 Å². The first-order chi connectivity index (χ1) is 8.92. The van der Waals surface area contributed by atoms with Gasteiger partial charge in [0.15, 0.2) is 0 Å². The quantitative estimate of drug-likeness (QED) is 0.612. The number of benzene rings is 1. The van der Waals surface area contributed by atoms with Crippen molar-refractivity contribution in [3.8, 4) is 0 Å². The first-order valence-electron chi connectivity index (χ1n) is 7.23. The maximum Gasteiger partial charge on any atom is 0.0346 e. The number of rotatable bonds is 7. The molecule has 1 aromatic carbocycles. The largest absolute Gasteiger partial charge is 0.264 e. The summed E-state index contributed by atoms with van der Waals surface area (Å²) < 4.78 is 0. The van der Waals surface area contributed by atoms with Crippen LogP contribution in [-0.4, -0.2) is 4.98 Å². The lowest BCUT2D eigenvalue weighted by atomic mass is 10.0. The van der Waals surface area contributed by atoms with E-state index in [2.05, 4.69) is 36.2 Å². The number of aryl methyl sites for hydroxylation is 1. The summed E-state index contributed by atoms with van der Waals surface area (Å²) in [5, 5.41) is 2.64. The van der Waals surface area contributed by atoms with Crippen molar-refractivity contribution in [3.63, 3.8) is 0 Å². The molecule has 0 saturated heterocycles. The summed E-state index contributed by atoms with van der Waals surface area (Å²) in [5.41, 5.74) is 1.48. The minimum atomic E-state index is 1.20. The maximum atomic E-state index is 4.18. The summed E-state index contributed by atoms with van der Waals surface area (Å²) >= 11 is 0. The standard InChI is InChI=1S/C17H23N/c1-2-3-4-5-6-7-9-15-10-8-11-16-14-18-13-12-17(15)16/h8,10-14H,2-7,9H2,1H3. The van der Waals surface area contributed by atoms with E-state index in [1.165, 1.54) is 61.3 Å². The fourth-order valence-electron chi connectivity index (χ4n) is 2.50. The molecule has 0 amide bonds. The van der Waals surface area contributed by atoms with Gasteiger partial charge in [0.25, 0.3) is 0 Å². The van der Waals surface area contributed by atoms with E-state index in [4.69, 9.17) is 0 Å². The van der Waals surface area contributed by atoms with Crippen LogP contribution < -0.4 is 0 Å². The molecule has 1 nitrogen and oxygen atoms in total. The van der Waals surface area contributed by atoms with E-state index < -0.39 is 0 Å². The summed E-state index contributed by atoms with van der Waals surface area (Å²) in [6.07, 6.45) is 13.2. The molecule has 0 saturated carbocycles. The van der Waals surface area contributed by atoms with Crippen molar-refractivity contribution in [2.24, 2.45) is 0 Å². The number of hydrogen-bond donors (Lipinski definition) is 0. The topological polar surface area (TPSA) is 12.9 Å². The van der Waals surface area contributed by atoms with Gasteiger partial charge in [-0.05, 0) is 29.9 Å². The Morgan fingerprint density at radius 3 is 2.67 bits per heavy atom. The molecule has 1 aromatic heterocycles. The number of aromatic nitrogens is 1. The summed E-state index contributed by atoms with van der Waals surface area (Å²) in [6, 6.07) is 8.69. The van der Waals surface area contributed by atoms with E-state index in [1.807, 2.05) is 12.4 Å². The molecule has 0 spiro atoms. The smallest absolute Gasteiger partial charge is 0.0346 e. The second kappa shape index (κ2) is 7.15. The van der Waals surface area contributed by atoms with Crippen molar-refractivity contribution in [1.29, 1.82) is 0 Å². The Hall–Kier alpha value is -1.37. The monoisotopic (exact) mass is 241 g/mol. The average molecular weight is 241 g/mol. The Kier molecular flexibility index (Phi) is 5.19. The van der Waals surface area contributed by atoms with E-state index in [0.29, 0.717) is 0 Å². The summed E-state index contributed by atoms with van der Waals surface area (Å²) in [4.78, 5) is 4.18. The molecule has 0 fully saturated rings. The Labute approximate surface area is 110 Å². The van der Waals surface area contributed by atoms with Gasteiger partial charge >= 0.3 is 0 Å². The van der Waals surface area contributed by atoms with Gasteiger partial charge in [0.1, 0.15) is 0 Å². The fraction of sp³-hybridized carbons (Fsp3) is 0.471. The number of fused-ring (bicyclic) bond motifs is 1. The third-order valence-corrected chi connectivity index (χ3v) is 3.57. The minimum absolute atomic E-state index is 1.20. The molecule has 0 bridgehead atoms. The van der Waals surface area contributed by atoms with Crippen molar-refractivity contribution in [2.75, 3.05) is 0 Å². The molecule has 0 N–H and O–H groups in total. The fourth-order valence-corrected chi connectivity index (χ4v) is 2.50. The maximum absolute atomic E-state index is 4.18. The first kappa shape index (κ1) is 13.1. The number of unbranched alkanes of at least 4 members (excludes halogenated alkanes) is 5. The summed E-state index contributed by atoms with van der Waals surface area (Å²) in [6.45, 7) is 2.27. The SMILES string of the molecule is CCCCCCCCc1cccc2cnccc12. The van der Waals surface area contributed by atoms with E-state index in [0.717, 1.165) is 0 Å². The highest BCUT2D eigenvalue weighted by Gasteiger charge is 2.00. The van der Waals surface area contributed by atoms with Crippen LogP contribution in [0.5, 0.6) is 0 Å². The van der Waals surface area contributed by atoms with Crippen LogP contribution in [0.2, 0.25) is 0 Å². The molecule has 0 atom stereocenters. The third-order valence-electron chi connectivity index (χ3n) is 3.57. The van der Waals surface area contributed by atoms with Crippen LogP contribution in [-0.2, 0) is 6.42 Å². The molecule has 1 heterocycles. The van der Waals surface area contributed by atoms with Crippen LogP contribution in [0.3, 0.4) is 0 Å². The van der Waals surface area contributed by atoms with Crippen LogP contribution in [0.1, 0.15) is 51.0 Å². The van der Waals surface area contributed by atoms with Crippen molar-refractivity contribution in [3.05, 3.63) is 42.2 Å². The summed E-state index contributed by atoms with van der Waals surface area (Å²) in [5.74, 6) is 0. The zero-order chi connectivity index (χ0) is 12.6. The zero-order valence-corrected chi connectivity index (χ0v) is 11.4. The molecule has 0 aliphatic carbocycles. The van der Waals surface area contributed by atoms with Gasteiger partial charge in [0.05, 0.1) is 0 Å². The van der Waals surface area contributed by atoms with Gasteiger partial charge in [0.2, 0.25) is 0 Å². The molecule has 0 aliphatic rings. The van der Waals surface area contributed by atoms with Crippen molar-refractivity contribution in [2.45, 2.75) is 51.9 Å². The normalized spacial score (nSPS) is 10.9. The first-order valence-corrected chi connectivity index (χ1v) is 7.23. The highest BCUT2D eigenvalue weighted by molar-refractivity contribution is 5.84. The van der Waals surface area contributed by atoms with E-state index in [1.54, 1.807) is 0 Å². The van der Waals surface area contributed by atoms with E-state index >= 15 is 0 Å². The Bertz CT molecular complexity index is 470. The third kappa shape index (κ3) is 3.56. The van der Waals surface area contributed by atoms with Crippen LogP contribution in [0.4, 0.5) is 0 Å². The van der Waals surface area contributed by atoms with E-state index in [-0.39, 0.29) is 0 Å². The molecule has 0 aliphatic heterocycles.